The van der Waals surface area contributed by atoms with Gasteiger partial charge in [-0.2, -0.15) is 0 Å². The molecular weight excluding hydrogens is 171 g/mol. The highest BCUT2D eigenvalue weighted by Gasteiger charge is 2.04. The number of alkyl halides is 1. The standard InChI is InChI=1S/C10H11FO2/c1-2-13-10(12)9-5-3-8(7-11)4-6-9/h3-6H,2,7H2,1H3. The number of halogens is 1. The largest absolute Gasteiger partial charge is 0.462 e. The van der Waals surface area contributed by atoms with Crippen LogP contribution in [-0.2, 0) is 11.4 Å². The fraction of sp³-hybridized carbons (Fsp3) is 0.300. The van der Waals surface area contributed by atoms with Crippen molar-refractivity contribution < 1.29 is 13.9 Å². The second-order valence-electron chi connectivity index (χ2n) is 2.55. The highest BCUT2D eigenvalue weighted by molar-refractivity contribution is 5.89. The first-order valence-corrected chi connectivity index (χ1v) is 4.10. The maximum atomic E-state index is 12.1. The normalized spacial score (nSPS) is 9.69. The van der Waals surface area contributed by atoms with Gasteiger partial charge in [0.1, 0.15) is 6.67 Å². The predicted molar refractivity (Wildman–Crippen MR) is 47.2 cm³/mol. The van der Waals surface area contributed by atoms with E-state index in [9.17, 15) is 9.18 Å². The van der Waals surface area contributed by atoms with Crippen LogP contribution in [0.3, 0.4) is 0 Å². The summed E-state index contributed by atoms with van der Waals surface area (Å²) in [4.78, 5) is 11.1. The topological polar surface area (TPSA) is 26.3 Å². The molecule has 0 saturated heterocycles. The van der Waals surface area contributed by atoms with Gasteiger partial charge in [0.05, 0.1) is 12.2 Å². The quantitative estimate of drug-likeness (QED) is 0.670. The zero-order valence-electron chi connectivity index (χ0n) is 7.42. The van der Waals surface area contributed by atoms with Crippen molar-refractivity contribution in [3.63, 3.8) is 0 Å². The van der Waals surface area contributed by atoms with E-state index in [4.69, 9.17) is 4.74 Å². The summed E-state index contributed by atoms with van der Waals surface area (Å²) in [7, 11) is 0. The van der Waals surface area contributed by atoms with Gasteiger partial charge in [0.25, 0.3) is 0 Å². The number of hydrogen-bond donors (Lipinski definition) is 0. The molecule has 0 radical (unpaired) electrons. The highest BCUT2D eigenvalue weighted by atomic mass is 19.1. The zero-order chi connectivity index (χ0) is 9.68. The lowest BCUT2D eigenvalue weighted by molar-refractivity contribution is 0.0526. The van der Waals surface area contributed by atoms with Crippen LogP contribution in [0.25, 0.3) is 0 Å². The Morgan fingerprint density at radius 1 is 1.38 bits per heavy atom. The van der Waals surface area contributed by atoms with Crippen LogP contribution in [0.2, 0.25) is 0 Å². The van der Waals surface area contributed by atoms with E-state index in [1.54, 1.807) is 31.2 Å². The maximum Gasteiger partial charge on any atom is 0.338 e. The van der Waals surface area contributed by atoms with Gasteiger partial charge in [-0.15, -0.1) is 0 Å². The van der Waals surface area contributed by atoms with Gasteiger partial charge in [0, 0.05) is 0 Å². The van der Waals surface area contributed by atoms with E-state index in [0.717, 1.165) is 0 Å². The minimum Gasteiger partial charge on any atom is -0.462 e. The van der Waals surface area contributed by atoms with E-state index in [0.29, 0.717) is 17.7 Å². The average molecular weight is 182 g/mol. The molecule has 0 fully saturated rings. The smallest absolute Gasteiger partial charge is 0.338 e. The molecule has 13 heavy (non-hydrogen) atoms. The van der Waals surface area contributed by atoms with Gasteiger partial charge in [0.15, 0.2) is 0 Å². The van der Waals surface area contributed by atoms with Crippen molar-refractivity contribution in [1.29, 1.82) is 0 Å². The minimum atomic E-state index is -0.511. The molecule has 3 heteroatoms. The van der Waals surface area contributed by atoms with Crippen LogP contribution in [0.4, 0.5) is 4.39 Å². The zero-order valence-corrected chi connectivity index (χ0v) is 7.42. The number of esters is 1. The minimum absolute atomic E-state index is 0.351. The third-order valence-electron chi connectivity index (χ3n) is 1.62. The van der Waals surface area contributed by atoms with Gasteiger partial charge in [-0.25, -0.2) is 9.18 Å². The summed E-state index contributed by atoms with van der Waals surface area (Å²) < 4.78 is 16.9. The molecule has 0 aromatic heterocycles. The molecule has 0 amide bonds. The Morgan fingerprint density at radius 2 is 2.00 bits per heavy atom. The lowest BCUT2D eigenvalue weighted by Crippen LogP contribution is -2.04. The second-order valence-corrected chi connectivity index (χ2v) is 2.55. The molecule has 0 heterocycles. The van der Waals surface area contributed by atoms with Crippen molar-refractivity contribution in [3.05, 3.63) is 35.4 Å². The number of ether oxygens (including phenoxy) is 1. The first kappa shape index (κ1) is 9.71. The molecule has 1 aromatic carbocycles. The summed E-state index contributed by atoms with van der Waals surface area (Å²) >= 11 is 0. The first-order chi connectivity index (χ1) is 6.27. The predicted octanol–water partition coefficient (Wildman–Crippen LogP) is 2.33. The van der Waals surface area contributed by atoms with E-state index >= 15 is 0 Å². The van der Waals surface area contributed by atoms with E-state index in [2.05, 4.69) is 0 Å². The molecular formula is C10H11FO2. The van der Waals surface area contributed by atoms with Crippen LogP contribution >= 0.6 is 0 Å². The summed E-state index contributed by atoms with van der Waals surface area (Å²) in [6.45, 7) is 1.58. The molecule has 0 aliphatic rings. The number of carbonyl (C=O) groups is 1. The van der Waals surface area contributed by atoms with Crippen molar-refractivity contribution in [1.82, 2.24) is 0 Å². The average Bonchev–Trinajstić information content (AvgIpc) is 2.18. The summed E-state index contributed by atoms with van der Waals surface area (Å²) in [6, 6.07) is 6.28. The Bertz CT molecular complexity index is 279. The molecule has 1 aromatic rings. The van der Waals surface area contributed by atoms with Gasteiger partial charge < -0.3 is 4.74 Å². The molecule has 0 saturated carbocycles. The van der Waals surface area contributed by atoms with E-state index in [1.165, 1.54) is 0 Å². The van der Waals surface area contributed by atoms with Crippen LogP contribution < -0.4 is 0 Å². The molecule has 0 spiro atoms. The molecule has 1 rings (SSSR count). The van der Waals surface area contributed by atoms with Gasteiger partial charge in [-0.05, 0) is 24.6 Å². The highest BCUT2D eigenvalue weighted by Crippen LogP contribution is 2.06. The molecule has 0 unspecified atom stereocenters. The summed E-state index contributed by atoms with van der Waals surface area (Å²) in [5.41, 5.74) is 1.02. The lowest BCUT2D eigenvalue weighted by atomic mass is 10.1. The number of hydrogen-bond acceptors (Lipinski definition) is 2. The molecule has 0 bridgehead atoms. The van der Waals surface area contributed by atoms with Crippen molar-refractivity contribution in [2.75, 3.05) is 6.61 Å². The fourth-order valence-electron chi connectivity index (χ4n) is 0.944. The number of rotatable bonds is 3. The van der Waals surface area contributed by atoms with E-state index in [-0.39, 0.29) is 5.97 Å². The lowest BCUT2D eigenvalue weighted by Gasteiger charge is -2.01. The SMILES string of the molecule is CCOC(=O)c1ccc(CF)cc1. The Hall–Kier alpha value is -1.38. The van der Waals surface area contributed by atoms with Crippen molar-refractivity contribution in [2.45, 2.75) is 13.6 Å². The Labute approximate surface area is 76.3 Å². The molecule has 0 aliphatic carbocycles. The second kappa shape index (κ2) is 4.60. The van der Waals surface area contributed by atoms with Crippen molar-refractivity contribution in [2.24, 2.45) is 0 Å². The van der Waals surface area contributed by atoms with Crippen LogP contribution in [0.5, 0.6) is 0 Å². The van der Waals surface area contributed by atoms with Gasteiger partial charge in [-0.3, -0.25) is 0 Å². The summed E-state index contributed by atoms with van der Waals surface area (Å²) in [6.07, 6.45) is 0. The Kier molecular flexibility index (Phi) is 3.43. The summed E-state index contributed by atoms with van der Waals surface area (Å²) in [5, 5.41) is 0. The van der Waals surface area contributed by atoms with Crippen LogP contribution in [0.1, 0.15) is 22.8 Å². The Balaban J connectivity index is 2.74. The van der Waals surface area contributed by atoms with Crippen LogP contribution in [0.15, 0.2) is 24.3 Å². The molecule has 0 aliphatic heterocycles. The van der Waals surface area contributed by atoms with Crippen molar-refractivity contribution in [3.8, 4) is 0 Å². The molecule has 70 valence electrons. The third-order valence-corrected chi connectivity index (χ3v) is 1.62. The summed E-state index contributed by atoms with van der Waals surface area (Å²) in [5.74, 6) is -0.368. The Morgan fingerprint density at radius 3 is 2.46 bits per heavy atom. The van der Waals surface area contributed by atoms with Crippen molar-refractivity contribution >= 4 is 5.97 Å². The fourth-order valence-corrected chi connectivity index (χ4v) is 0.944. The van der Waals surface area contributed by atoms with Gasteiger partial charge in [-0.1, -0.05) is 12.1 Å². The monoisotopic (exact) mass is 182 g/mol. The van der Waals surface area contributed by atoms with E-state index in [1.807, 2.05) is 0 Å². The number of carbonyl (C=O) groups excluding carboxylic acids is 1. The van der Waals surface area contributed by atoms with Crippen LogP contribution in [-0.4, -0.2) is 12.6 Å². The third kappa shape index (κ3) is 2.54. The van der Waals surface area contributed by atoms with Gasteiger partial charge >= 0.3 is 5.97 Å². The number of benzene rings is 1. The molecule has 0 atom stereocenters. The first-order valence-electron chi connectivity index (χ1n) is 4.10. The molecule has 0 N–H and O–H groups in total. The van der Waals surface area contributed by atoms with Gasteiger partial charge in [0.2, 0.25) is 0 Å². The molecule has 2 nitrogen and oxygen atoms in total. The maximum absolute atomic E-state index is 12.1. The van der Waals surface area contributed by atoms with E-state index < -0.39 is 6.67 Å². The van der Waals surface area contributed by atoms with Crippen LogP contribution in [0, 0.1) is 0 Å².